The van der Waals surface area contributed by atoms with Gasteiger partial charge in [0.25, 0.3) is 0 Å². The van der Waals surface area contributed by atoms with Gasteiger partial charge in [0.15, 0.2) is 6.04 Å². The zero-order chi connectivity index (χ0) is 21.3. The number of rotatable bonds is 17. The van der Waals surface area contributed by atoms with Crippen LogP contribution in [0.3, 0.4) is 0 Å². The minimum absolute atomic E-state index is 0.000515. The van der Waals surface area contributed by atoms with Crippen LogP contribution in [0.15, 0.2) is 0 Å². The van der Waals surface area contributed by atoms with Crippen LogP contribution in [0.25, 0.3) is 0 Å². The Balaban J connectivity index is 1.93. The summed E-state index contributed by atoms with van der Waals surface area (Å²) in [7, 11) is 1.35. The maximum atomic E-state index is 12.4. The van der Waals surface area contributed by atoms with Gasteiger partial charge < -0.3 is 14.4 Å². The smallest absolute Gasteiger partial charge is 0.331 e. The highest BCUT2D eigenvalue weighted by Gasteiger charge is 2.40. The topological polar surface area (TPSA) is 55.8 Å². The number of amides is 1. The average molecular weight is 412 g/mol. The zero-order valence-electron chi connectivity index (χ0n) is 19.3. The van der Waals surface area contributed by atoms with Gasteiger partial charge in [-0.05, 0) is 13.3 Å². The molecule has 29 heavy (non-hydrogen) atoms. The molecule has 0 bridgehead atoms. The molecule has 1 aliphatic rings. The Morgan fingerprint density at radius 2 is 1.28 bits per heavy atom. The van der Waals surface area contributed by atoms with Crippen molar-refractivity contribution in [3.8, 4) is 0 Å². The molecule has 0 saturated carbocycles. The standard InChI is InChI=1S/C24H45NO4/c1-4-5-6-7-8-9-10-11-12-13-14-15-16-17-18-19-22(26)25-20-29-21(2)23(25)24(27)28-3/h21,23H,4-20H2,1-3H3/t21-,23+/m1/s1. The number of esters is 1. The second-order valence-corrected chi connectivity index (χ2v) is 8.53. The third kappa shape index (κ3) is 11.0. The van der Waals surface area contributed by atoms with Gasteiger partial charge in [0.05, 0.1) is 13.2 Å². The first-order chi connectivity index (χ1) is 14.1. The highest BCUT2D eigenvalue weighted by atomic mass is 16.5. The molecule has 1 amide bonds. The predicted molar refractivity (Wildman–Crippen MR) is 118 cm³/mol. The van der Waals surface area contributed by atoms with E-state index in [-0.39, 0.29) is 24.7 Å². The Labute approximate surface area is 178 Å². The molecule has 0 aromatic heterocycles. The van der Waals surface area contributed by atoms with E-state index in [1.807, 2.05) is 6.92 Å². The van der Waals surface area contributed by atoms with Gasteiger partial charge in [-0.3, -0.25) is 4.79 Å². The van der Waals surface area contributed by atoms with Crippen molar-refractivity contribution in [2.75, 3.05) is 13.8 Å². The van der Waals surface area contributed by atoms with Gasteiger partial charge in [-0.15, -0.1) is 0 Å². The van der Waals surface area contributed by atoms with E-state index in [1.54, 1.807) is 0 Å². The average Bonchev–Trinajstić information content (AvgIpc) is 3.11. The number of carbonyl (C=O) groups excluding carboxylic acids is 2. The largest absolute Gasteiger partial charge is 0.467 e. The molecule has 1 aliphatic heterocycles. The lowest BCUT2D eigenvalue weighted by Gasteiger charge is -2.22. The molecule has 0 aromatic carbocycles. The molecular formula is C24H45NO4. The molecule has 5 nitrogen and oxygen atoms in total. The number of nitrogens with zero attached hydrogens (tertiary/aromatic N) is 1. The summed E-state index contributed by atoms with van der Waals surface area (Å²) in [6, 6.07) is -0.594. The van der Waals surface area contributed by atoms with Gasteiger partial charge in [0, 0.05) is 6.42 Å². The van der Waals surface area contributed by atoms with Crippen molar-refractivity contribution in [3.63, 3.8) is 0 Å². The summed E-state index contributed by atoms with van der Waals surface area (Å²) in [4.78, 5) is 25.8. The van der Waals surface area contributed by atoms with Crippen LogP contribution in [0.2, 0.25) is 0 Å². The van der Waals surface area contributed by atoms with Crippen molar-refractivity contribution in [2.24, 2.45) is 0 Å². The van der Waals surface area contributed by atoms with Crippen molar-refractivity contribution in [3.05, 3.63) is 0 Å². The van der Waals surface area contributed by atoms with Crippen LogP contribution in [-0.2, 0) is 19.1 Å². The van der Waals surface area contributed by atoms with Gasteiger partial charge in [0.2, 0.25) is 5.91 Å². The highest BCUT2D eigenvalue weighted by Crippen LogP contribution is 2.20. The molecule has 170 valence electrons. The van der Waals surface area contributed by atoms with Crippen LogP contribution in [0.1, 0.15) is 117 Å². The van der Waals surface area contributed by atoms with Gasteiger partial charge in [-0.25, -0.2) is 4.79 Å². The molecular weight excluding hydrogens is 366 g/mol. The fourth-order valence-electron chi connectivity index (χ4n) is 4.08. The van der Waals surface area contributed by atoms with E-state index in [9.17, 15) is 9.59 Å². The van der Waals surface area contributed by atoms with Crippen LogP contribution in [0.5, 0.6) is 0 Å². The summed E-state index contributed by atoms with van der Waals surface area (Å²) in [6.07, 6.45) is 19.8. The Hall–Kier alpha value is -1.10. The van der Waals surface area contributed by atoms with Crippen LogP contribution < -0.4 is 0 Å². The monoisotopic (exact) mass is 411 g/mol. The van der Waals surface area contributed by atoms with Crippen molar-refractivity contribution in [1.82, 2.24) is 4.90 Å². The molecule has 0 N–H and O–H groups in total. The van der Waals surface area contributed by atoms with Gasteiger partial charge in [-0.2, -0.15) is 0 Å². The molecule has 0 aromatic rings. The maximum Gasteiger partial charge on any atom is 0.331 e. The Morgan fingerprint density at radius 1 is 0.828 bits per heavy atom. The van der Waals surface area contributed by atoms with E-state index >= 15 is 0 Å². The number of hydrogen-bond donors (Lipinski definition) is 0. The maximum absolute atomic E-state index is 12.4. The van der Waals surface area contributed by atoms with Gasteiger partial charge in [-0.1, -0.05) is 96.8 Å². The Bertz CT molecular complexity index is 441. The fraction of sp³-hybridized carbons (Fsp3) is 0.917. The van der Waals surface area contributed by atoms with E-state index in [0.29, 0.717) is 6.42 Å². The van der Waals surface area contributed by atoms with Gasteiger partial charge in [0.1, 0.15) is 6.73 Å². The minimum atomic E-state index is -0.594. The lowest BCUT2D eigenvalue weighted by atomic mass is 10.0. The molecule has 1 saturated heterocycles. The third-order valence-corrected chi connectivity index (χ3v) is 6.01. The van der Waals surface area contributed by atoms with Crippen LogP contribution in [0.4, 0.5) is 0 Å². The minimum Gasteiger partial charge on any atom is -0.467 e. The molecule has 2 atom stereocenters. The van der Waals surface area contributed by atoms with Crippen molar-refractivity contribution in [2.45, 2.75) is 129 Å². The van der Waals surface area contributed by atoms with Crippen molar-refractivity contribution < 1.29 is 19.1 Å². The van der Waals surface area contributed by atoms with E-state index in [0.717, 1.165) is 12.8 Å². The fourth-order valence-corrected chi connectivity index (χ4v) is 4.08. The Morgan fingerprint density at radius 3 is 1.72 bits per heavy atom. The highest BCUT2D eigenvalue weighted by molar-refractivity contribution is 5.85. The summed E-state index contributed by atoms with van der Waals surface area (Å²) in [5.74, 6) is -0.390. The number of carbonyl (C=O) groups is 2. The molecule has 1 fully saturated rings. The summed E-state index contributed by atoms with van der Waals surface area (Å²) in [5.41, 5.74) is 0. The van der Waals surface area contributed by atoms with E-state index < -0.39 is 6.04 Å². The quantitative estimate of drug-likeness (QED) is 0.218. The van der Waals surface area contributed by atoms with E-state index in [4.69, 9.17) is 9.47 Å². The summed E-state index contributed by atoms with van der Waals surface area (Å²) in [5, 5.41) is 0. The Kier molecular flexibility index (Phi) is 14.9. The van der Waals surface area contributed by atoms with Gasteiger partial charge >= 0.3 is 5.97 Å². The van der Waals surface area contributed by atoms with Crippen molar-refractivity contribution in [1.29, 1.82) is 0 Å². The summed E-state index contributed by atoms with van der Waals surface area (Å²) < 4.78 is 10.3. The molecule has 0 aliphatic carbocycles. The molecule has 0 spiro atoms. The second-order valence-electron chi connectivity index (χ2n) is 8.53. The lowest BCUT2D eigenvalue weighted by molar-refractivity contribution is -0.151. The first-order valence-electron chi connectivity index (χ1n) is 12.1. The first kappa shape index (κ1) is 25.9. The summed E-state index contributed by atoms with van der Waals surface area (Å²) in [6.45, 7) is 4.27. The number of ether oxygens (including phenoxy) is 2. The number of methoxy groups -OCH3 is 1. The SMILES string of the molecule is CCCCCCCCCCCCCCCCCC(=O)N1CO[C@H](C)[C@H]1C(=O)OC. The number of hydrogen-bond acceptors (Lipinski definition) is 4. The van der Waals surface area contributed by atoms with E-state index in [2.05, 4.69) is 6.92 Å². The van der Waals surface area contributed by atoms with Crippen molar-refractivity contribution >= 4 is 11.9 Å². The molecule has 0 radical (unpaired) electrons. The molecule has 5 heteroatoms. The first-order valence-corrected chi connectivity index (χ1v) is 12.1. The predicted octanol–water partition coefficient (Wildman–Crippen LogP) is 5.99. The normalized spacial score (nSPS) is 18.9. The van der Waals surface area contributed by atoms with Crippen LogP contribution in [-0.4, -0.2) is 42.8 Å². The molecule has 1 rings (SSSR count). The summed E-state index contributed by atoms with van der Waals surface area (Å²) >= 11 is 0. The van der Waals surface area contributed by atoms with Crippen LogP contribution in [0, 0.1) is 0 Å². The van der Waals surface area contributed by atoms with E-state index in [1.165, 1.54) is 95.5 Å². The molecule has 1 heterocycles. The molecule has 0 unspecified atom stereocenters. The second kappa shape index (κ2) is 16.7. The lowest BCUT2D eigenvalue weighted by Crippen LogP contribution is -2.44. The third-order valence-electron chi connectivity index (χ3n) is 6.01. The number of unbranched alkanes of at least 4 members (excludes halogenated alkanes) is 14. The zero-order valence-corrected chi connectivity index (χ0v) is 19.3. The van der Waals surface area contributed by atoms with Crippen LogP contribution >= 0.6 is 0 Å².